The van der Waals surface area contributed by atoms with Gasteiger partial charge in [-0.1, -0.05) is 5.16 Å². The summed E-state index contributed by atoms with van der Waals surface area (Å²) in [4.78, 5) is 29.9. The van der Waals surface area contributed by atoms with Gasteiger partial charge in [-0.3, -0.25) is 9.59 Å². The summed E-state index contributed by atoms with van der Waals surface area (Å²) >= 11 is 0. The van der Waals surface area contributed by atoms with Crippen molar-refractivity contribution in [1.82, 2.24) is 15.0 Å². The second-order valence-electron chi connectivity index (χ2n) is 7.64. The summed E-state index contributed by atoms with van der Waals surface area (Å²) in [6.07, 6.45) is 1.74. The van der Waals surface area contributed by atoms with Crippen LogP contribution in [-0.2, 0) is 11.3 Å². The maximum Gasteiger partial charge on any atom is 0.253 e. The molecule has 7 heteroatoms. The molecule has 1 aromatic heterocycles. The number of methoxy groups -OCH3 is 1. The Balaban J connectivity index is 1.55. The predicted molar refractivity (Wildman–Crippen MR) is 102 cm³/mol. The molecule has 0 N–H and O–H groups in total. The number of piperidine rings is 1. The minimum absolute atomic E-state index is 0.0159. The van der Waals surface area contributed by atoms with Gasteiger partial charge in [0.25, 0.3) is 5.91 Å². The van der Waals surface area contributed by atoms with E-state index >= 15 is 0 Å². The number of rotatable bonds is 4. The SMILES string of the molecule is COc1ccc(C(=O)N2C[C@H]3CC[C@@H](C2)N(Cc2c(C)noc2C)C3=O)cc1. The van der Waals surface area contributed by atoms with E-state index in [0.717, 1.165) is 29.9 Å². The molecule has 2 aromatic rings. The van der Waals surface area contributed by atoms with Crippen molar-refractivity contribution in [2.75, 3.05) is 20.2 Å². The topological polar surface area (TPSA) is 75.9 Å². The minimum Gasteiger partial charge on any atom is -0.497 e. The van der Waals surface area contributed by atoms with Gasteiger partial charge in [-0.15, -0.1) is 0 Å². The molecule has 0 spiro atoms. The Hall–Kier alpha value is -2.83. The summed E-state index contributed by atoms with van der Waals surface area (Å²) in [5.74, 6) is 1.40. The molecule has 3 aliphatic rings. The van der Waals surface area contributed by atoms with Crippen molar-refractivity contribution in [2.24, 2.45) is 5.92 Å². The standard InChI is InChI=1S/C21H25N3O4/c1-13-19(14(2)28-22-13)12-24-17-7-4-16(21(24)26)10-23(11-17)20(25)15-5-8-18(27-3)9-6-15/h5-6,8-9,16-17H,4,7,10-12H2,1-3H3/t16-,17+/m1/s1. The van der Waals surface area contributed by atoms with Crippen molar-refractivity contribution < 1.29 is 18.8 Å². The van der Waals surface area contributed by atoms with E-state index in [4.69, 9.17) is 9.26 Å². The lowest BCUT2D eigenvalue weighted by molar-refractivity contribution is -0.140. The number of ether oxygens (including phenoxy) is 1. The van der Waals surface area contributed by atoms with E-state index in [-0.39, 0.29) is 23.8 Å². The van der Waals surface area contributed by atoms with Gasteiger partial charge in [0, 0.05) is 30.3 Å². The highest BCUT2D eigenvalue weighted by molar-refractivity contribution is 5.95. The first-order valence-electron chi connectivity index (χ1n) is 9.63. The molecule has 5 rings (SSSR count). The molecule has 7 nitrogen and oxygen atoms in total. The predicted octanol–water partition coefficient (Wildman–Crippen LogP) is 2.56. The quantitative estimate of drug-likeness (QED) is 0.811. The van der Waals surface area contributed by atoms with Gasteiger partial charge in [-0.25, -0.2) is 0 Å². The zero-order valence-corrected chi connectivity index (χ0v) is 16.5. The second-order valence-corrected chi connectivity index (χ2v) is 7.64. The van der Waals surface area contributed by atoms with E-state index in [1.165, 1.54) is 0 Å². The van der Waals surface area contributed by atoms with Gasteiger partial charge < -0.3 is 19.1 Å². The highest BCUT2D eigenvalue weighted by atomic mass is 16.5. The van der Waals surface area contributed by atoms with Crippen LogP contribution in [0.2, 0.25) is 0 Å². The normalized spacial score (nSPS) is 21.8. The summed E-state index contributed by atoms with van der Waals surface area (Å²) < 4.78 is 10.4. The number of nitrogens with zero attached hydrogens (tertiary/aromatic N) is 3. The molecule has 2 bridgehead atoms. The highest BCUT2D eigenvalue weighted by Gasteiger charge is 2.42. The Morgan fingerprint density at radius 3 is 2.61 bits per heavy atom. The molecule has 4 heterocycles. The summed E-state index contributed by atoms with van der Waals surface area (Å²) in [6, 6.07) is 7.14. The van der Waals surface area contributed by atoms with Crippen LogP contribution in [0.15, 0.2) is 28.8 Å². The van der Waals surface area contributed by atoms with Crippen molar-refractivity contribution >= 4 is 11.8 Å². The third kappa shape index (κ3) is 3.25. The van der Waals surface area contributed by atoms with E-state index in [1.807, 2.05) is 23.6 Å². The van der Waals surface area contributed by atoms with Crippen LogP contribution in [0.1, 0.15) is 40.2 Å². The molecule has 1 aromatic carbocycles. The lowest BCUT2D eigenvalue weighted by atomic mass is 9.93. The van der Waals surface area contributed by atoms with E-state index in [9.17, 15) is 9.59 Å². The van der Waals surface area contributed by atoms with Crippen LogP contribution in [0.5, 0.6) is 5.75 Å². The van der Waals surface area contributed by atoms with Gasteiger partial charge in [0.05, 0.1) is 25.3 Å². The number of carbonyl (C=O) groups is 2. The zero-order chi connectivity index (χ0) is 19.8. The molecular formula is C21H25N3O4. The van der Waals surface area contributed by atoms with Gasteiger partial charge >= 0.3 is 0 Å². The first kappa shape index (κ1) is 18.5. The average molecular weight is 383 g/mol. The minimum atomic E-state index is -0.151. The Kier molecular flexibility index (Phi) is 4.83. The molecule has 0 aliphatic carbocycles. The molecule has 0 saturated carbocycles. The first-order valence-corrected chi connectivity index (χ1v) is 9.63. The number of aromatic nitrogens is 1. The number of carbonyl (C=O) groups excluding carboxylic acids is 2. The number of hydrogen-bond donors (Lipinski definition) is 0. The van der Waals surface area contributed by atoms with Crippen LogP contribution < -0.4 is 4.74 Å². The van der Waals surface area contributed by atoms with Crippen LogP contribution in [0.25, 0.3) is 0 Å². The van der Waals surface area contributed by atoms with Crippen molar-refractivity contribution in [3.8, 4) is 5.75 Å². The molecule has 2 atom stereocenters. The molecule has 3 aliphatic heterocycles. The number of benzene rings is 1. The van der Waals surface area contributed by atoms with E-state index in [0.29, 0.717) is 30.9 Å². The molecule has 3 fully saturated rings. The lowest BCUT2D eigenvalue weighted by Gasteiger charge is -2.35. The van der Waals surface area contributed by atoms with Crippen LogP contribution in [0.3, 0.4) is 0 Å². The van der Waals surface area contributed by atoms with Gasteiger partial charge in [0.1, 0.15) is 11.5 Å². The third-order valence-electron chi connectivity index (χ3n) is 5.93. The van der Waals surface area contributed by atoms with Crippen LogP contribution in [0.4, 0.5) is 0 Å². The fraction of sp³-hybridized carbons (Fsp3) is 0.476. The summed E-state index contributed by atoms with van der Waals surface area (Å²) in [6.45, 7) is 5.28. The maximum absolute atomic E-state index is 13.1. The third-order valence-corrected chi connectivity index (χ3v) is 5.93. The van der Waals surface area contributed by atoms with Crippen molar-refractivity contribution in [3.63, 3.8) is 0 Å². The number of fused-ring (bicyclic) bond motifs is 4. The monoisotopic (exact) mass is 383 g/mol. The van der Waals surface area contributed by atoms with Gasteiger partial charge in [-0.05, 0) is 51.0 Å². The smallest absolute Gasteiger partial charge is 0.253 e. The molecule has 3 saturated heterocycles. The van der Waals surface area contributed by atoms with Crippen LogP contribution in [0, 0.1) is 19.8 Å². The highest BCUT2D eigenvalue weighted by Crippen LogP contribution is 2.32. The molecule has 0 radical (unpaired) electrons. The van der Waals surface area contributed by atoms with Crippen LogP contribution >= 0.6 is 0 Å². The largest absolute Gasteiger partial charge is 0.497 e. The Labute approximate surface area is 164 Å². The Bertz CT molecular complexity index is 870. The van der Waals surface area contributed by atoms with Crippen molar-refractivity contribution in [1.29, 1.82) is 0 Å². The number of amides is 2. The Morgan fingerprint density at radius 2 is 1.96 bits per heavy atom. The summed E-state index contributed by atoms with van der Waals surface area (Å²) in [7, 11) is 1.60. The molecule has 2 amide bonds. The van der Waals surface area contributed by atoms with E-state index < -0.39 is 0 Å². The summed E-state index contributed by atoms with van der Waals surface area (Å²) in [5.41, 5.74) is 2.40. The van der Waals surface area contributed by atoms with Crippen LogP contribution in [-0.4, -0.2) is 53.0 Å². The van der Waals surface area contributed by atoms with Crippen molar-refractivity contribution in [3.05, 3.63) is 46.8 Å². The van der Waals surface area contributed by atoms with Gasteiger partial charge in [0.15, 0.2) is 0 Å². The molecule has 0 unspecified atom stereocenters. The average Bonchev–Trinajstić information content (AvgIpc) is 2.88. The lowest BCUT2D eigenvalue weighted by Crippen LogP contribution is -2.47. The van der Waals surface area contributed by atoms with Gasteiger partial charge in [0.2, 0.25) is 5.91 Å². The number of aryl methyl sites for hydroxylation is 2. The fourth-order valence-electron chi connectivity index (χ4n) is 4.23. The Morgan fingerprint density at radius 1 is 1.21 bits per heavy atom. The molecular weight excluding hydrogens is 358 g/mol. The van der Waals surface area contributed by atoms with Crippen molar-refractivity contribution in [2.45, 2.75) is 39.3 Å². The maximum atomic E-state index is 13.1. The van der Waals surface area contributed by atoms with E-state index in [2.05, 4.69) is 5.16 Å². The van der Waals surface area contributed by atoms with Gasteiger partial charge in [-0.2, -0.15) is 0 Å². The molecule has 148 valence electrons. The summed E-state index contributed by atoms with van der Waals surface area (Å²) in [5, 5.41) is 4.00. The molecule has 28 heavy (non-hydrogen) atoms. The zero-order valence-electron chi connectivity index (χ0n) is 16.5. The van der Waals surface area contributed by atoms with E-state index in [1.54, 1.807) is 31.4 Å². The fourth-order valence-corrected chi connectivity index (χ4v) is 4.23. The number of hydrogen-bond acceptors (Lipinski definition) is 5. The first-order chi connectivity index (χ1) is 13.5. The second kappa shape index (κ2) is 7.30.